The minimum absolute atomic E-state index is 0.107. The lowest BCUT2D eigenvalue weighted by Crippen LogP contribution is -2.37. The first-order valence-electron chi connectivity index (χ1n) is 8.71. The van der Waals surface area contributed by atoms with Gasteiger partial charge in [-0.05, 0) is 43.0 Å². The number of aryl methyl sites for hydroxylation is 1. The molecule has 1 aromatic heterocycles. The summed E-state index contributed by atoms with van der Waals surface area (Å²) in [4.78, 5) is 4.66. The maximum atomic E-state index is 9.80. The number of benzene rings is 1. The molecule has 0 unspecified atom stereocenters. The highest BCUT2D eigenvalue weighted by Gasteiger charge is 2.35. The molecule has 0 atom stereocenters. The number of hydrogen-bond acceptors (Lipinski definition) is 3. The molecule has 122 valence electrons. The topological polar surface area (TPSA) is 45.1 Å². The number of nitrogens with one attached hydrogen (secondary N) is 1. The Morgan fingerprint density at radius 2 is 1.96 bits per heavy atom. The Balaban J connectivity index is 1.84. The molecular weight excluding hydrogens is 284 g/mol. The van der Waals surface area contributed by atoms with Crippen molar-refractivity contribution in [3.05, 3.63) is 53.9 Å². The molecule has 3 heteroatoms. The Morgan fingerprint density at radius 1 is 1.13 bits per heavy atom. The summed E-state index contributed by atoms with van der Waals surface area (Å²) in [6.07, 6.45) is 9.06. The highest BCUT2D eigenvalue weighted by molar-refractivity contribution is 5.55. The van der Waals surface area contributed by atoms with Crippen LogP contribution in [0.1, 0.15) is 50.3 Å². The van der Waals surface area contributed by atoms with E-state index in [0.29, 0.717) is 5.75 Å². The highest BCUT2D eigenvalue weighted by atomic mass is 16.3. The first kappa shape index (κ1) is 15.9. The smallest absolute Gasteiger partial charge is 0.117 e. The van der Waals surface area contributed by atoms with Crippen molar-refractivity contribution in [3.8, 4) is 5.75 Å². The molecule has 0 saturated heterocycles. The van der Waals surface area contributed by atoms with Gasteiger partial charge in [0.25, 0.3) is 0 Å². The summed E-state index contributed by atoms with van der Waals surface area (Å²) in [7, 11) is 0. The van der Waals surface area contributed by atoms with E-state index in [0.717, 1.165) is 18.7 Å². The molecule has 0 amide bonds. The van der Waals surface area contributed by atoms with E-state index >= 15 is 0 Å². The lowest BCUT2D eigenvalue weighted by atomic mass is 9.71. The third-order valence-electron chi connectivity index (χ3n) is 5.11. The van der Waals surface area contributed by atoms with E-state index in [1.807, 2.05) is 24.4 Å². The van der Waals surface area contributed by atoms with Crippen molar-refractivity contribution in [1.82, 2.24) is 4.98 Å². The number of hydrogen-bond donors (Lipinski definition) is 2. The van der Waals surface area contributed by atoms with E-state index in [1.54, 1.807) is 6.07 Å². The molecule has 0 spiro atoms. The molecule has 0 radical (unpaired) electrons. The van der Waals surface area contributed by atoms with E-state index in [4.69, 9.17) is 0 Å². The van der Waals surface area contributed by atoms with Gasteiger partial charge in [0.15, 0.2) is 0 Å². The van der Waals surface area contributed by atoms with Gasteiger partial charge in [0, 0.05) is 35.6 Å². The second-order valence-corrected chi connectivity index (χ2v) is 6.60. The van der Waals surface area contributed by atoms with Crippen LogP contribution < -0.4 is 5.32 Å². The number of aromatic nitrogens is 1. The maximum Gasteiger partial charge on any atom is 0.117 e. The lowest BCUT2D eigenvalue weighted by molar-refractivity contribution is 0.300. The van der Waals surface area contributed by atoms with Crippen LogP contribution in [0.5, 0.6) is 5.75 Å². The van der Waals surface area contributed by atoms with Crippen molar-refractivity contribution in [3.63, 3.8) is 0 Å². The van der Waals surface area contributed by atoms with E-state index in [-0.39, 0.29) is 5.41 Å². The Labute approximate surface area is 138 Å². The number of aromatic hydroxyl groups is 1. The molecule has 3 nitrogen and oxygen atoms in total. The Bertz CT molecular complexity index is 633. The van der Waals surface area contributed by atoms with Crippen molar-refractivity contribution in [1.29, 1.82) is 0 Å². The zero-order valence-electron chi connectivity index (χ0n) is 13.9. The Hall–Kier alpha value is -2.03. The average molecular weight is 310 g/mol. The number of phenolic OH excluding ortho intramolecular Hbond substituents is 1. The van der Waals surface area contributed by atoms with Gasteiger partial charge in [0.05, 0.1) is 0 Å². The van der Waals surface area contributed by atoms with Crippen LogP contribution in [0.3, 0.4) is 0 Å². The number of pyridine rings is 1. The van der Waals surface area contributed by atoms with Crippen LogP contribution in [0.2, 0.25) is 0 Å². The van der Waals surface area contributed by atoms with Gasteiger partial charge in [-0.1, -0.05) is 38.3 Å². The zero-order valence-corrected chi connectivity index (χ0v) is 13.9. The second kappa shape index (κ2) is 7.03. The van der Waals surface area contributed by atoms with Crippen LogP contribution in [0.15, 0.2) is 42.6 Å². The van der Waals surface area contributed by atoms with Crippen LogP contribution in [0.25, 0.3) is 0 Å². The molecule has 1 saturated carbocycles. The molecule has 0 aliphatic heterocycles. The average Bonchev–Trinajstić information content (AvgIpc) is 2.62. The predicted molar refractivity (Wildman–Crippen MR) is 95.0 cm³/mol. The van der Waals surface area contributed by atoms with Crippen molar-refractivity contribution >= 4 is 5.69 Å². The summed E-state index contributed by atoms with van der Waals surface area (Å²) in [5.74, 6) is 0.320. The minimum atomic E-state index is 0.107. The van der Waals surface area contributed by atoms with Gasteiger partial charge in [0.1, 0.15) is 5.75 Å². The first-order chi connectivity index (χ1) is 11.2. The molecule has 1 heterocycles. The SMILES string of the molecule is CCc1ccc(O)cc1NCC1(c2ccccn2)CCCCC1. The fourth-order valence-corrected chi connectivity index (χ4v) is 3.73. The number of rotatable bonds is 5. The fraction of sp³-hybridized carbons (Fsp3) is 0.450. The molecule has 1 aliphatic rings. The predicted octanol–water partition coefficient (Wildman–Crippen LogP) is 4.66. The van der Waals surface area contributed by atoms with Crippen LogP contribution in [0.4, 0.5) is 5.69 Å². The van der Waals surface area contributed by atoms with Gasteiger partial charge in [0.2, 0.25) is 0 Å². The Kier molecular flexibility index (Phi) is 4.85. The van der Waals surface area contributed by atoms with Crippen LogP contribution in [-0.2, 0) is 11.8 Å². The standard InChI is InChI=1S/C20H26N2O/c1-2-16-9-10-17(23)14-18(16)22-15-20(11-5-3-6-12-20)19-8-4-7-13-21-19/h4,7-10,13-14,22-23H,2-3,5-6,11-12,15H2,1H3. The summed E-state index contributed by atoms with van der Waals surface area (Å²) in [5, 5.41) is 13.4. The molecule has 1 fully saturated rings. The summed E-state index contributed by atoms with van der Waals surface area (Å²) in [5.41, 5.74) is 3.60. The summed E-state index contributed by atoms with van der Waals surface area (Å²) >= 11 is 0. The minimum Gasteiger partial charge on any atom is -0.508 e. The molecule has 23 heavy (non-hydrogen) atoms. The summed E-state index contributed by atoms with van der Waals surface area (Å²) in [6, 6.07) is 11.8. The summed E-state index contributed by atoms with van der Waals surface area (Å²) < 4.78 is 0. The van der Waals surface area contributed by atoms with Crippen LogP contribution in [0, 0.1) is 0 Å². The first-order valence-corrected chi connectivity index (χ1v) is 8.71. The molecule has 1 aliphatic carbocycles. The van der Waals surface area contributed by atoms with Gasteiger partial charge >= 0.3 is 0 Å². The van der Waals surface area contributed by atoms with E-state index in [2.05, 4.69) is 29.4 Å². The van der Waals surface area contributed by atoms with Crippen molar-refractivity contribution in [2.75, 3.05) is 11.9 Å². The largest absolute Gasteiger partial charge is 0.508 e. The molecule has 1 aromatic carbocycles. The zero-order chi connectivity index (χ0) is 16.1. The van der Waals surface area contributed by atoms with E-state index in [9.17, 15) is 5.11 Å². The van der Waals surface area contributed by atoms with Gasteiger partial charge in [-0.3, -0.25) is 4.98 Å². The summed E-state index contributed by atoms with van der Waals surface area (Å²) in [6.45, 7) is 3.02. The Morgan fingerprint density at radius 3 is 2.65 bits per heavy atom. The van der Waals surface area contributed by atoms with Crippen molar-refractivity contribution < 1.29 is 5.11 Å². The van der Waals surface area contributed by atoms with Gasteiger partial charge in [-0.15, -0.1) is 0 Å². The van der Waals surface area contributed by atoms with Crippen molar-refractivity contribution in [2.24, 2.45) is 0 Å². The lowest BCUT2D eigenvalue weighted by Gasteiger charge is -2.37. The molecule has 2 N–H and O–H groups in total. The fourth-order valence-electron chi connectivity index (χ4n) is 3.73. The highest BCUT2D eigenvalue weighted by Crippen LogP contribution is 2.39. The third-order valence-corrected chi connectivity index (χ3v) is 5.11. The van der Waals surface area contributed by atoms with Crippen LogP contribution >= 0.6 is 0 Å². The van der Waals surface area contributed by atoms with Crippen molar-refractivity contribution in [2.45, 2.75) is 50.9 Å². The van der Waals surface area contributed by atoms with E-state index < -0.39 is 0 Å². The van der Waals surface area contributed by atoms with Gasteiger partial charge < -0.3 is 10.4 Å². The van der Waals surface area contributed by atoms with Crippen LogP contribution in [-0.4, -0.2) is 16.6 Å². The maximum absolute atomic E-state index is 9.80. The third kappa shape index (κ3) is 3.49. The normalized spacial score (nSPS) is 16.9. The van der Waals surface area contributed by atoms with E-state index in [1.165, 1.54) is 43.4 Å². The molecule has 2 aromatic rings. The number of phenols is 1. The van der Waals surface area contributed by atoms with Gasteiger partial charge in [-0.25, -0.2) is 0 Å². The number of anilines is 1. The monoisotopic (exact) mass is 310 g/mol. The molecule has 3 rings (SSSR count). The molecule has 0 bridgehead atoms. The number of nitrogens with zero attached hydrogens (tertiary/aromatic N) is 1. The quantitative estimate of drug-likeness (QED) is 0.844. The molecular formula is C20H26N2O. The second-order valence-electron chi connectivity index (χ2n) is 6.60. The van der Waals surface area contributed by atoms with Gasteiger partial charge in [-0.2, -0.15) is 0 Å².